The topological polar surface area (TPSA) is 145 Å². The van der Waals surface area contributed by atoms with Crippen molar-refractivity contribution in [2.24, 2.45) is 4.99 Å². The second kappa shape index (κ2) is 16.4. The molecule has 0 amide bonds. The van der Waals surface area contributed by atoms with E-state index in [-0.39, 0.29) is 34.9 Å². The number of imidazole rings is 1. The minimum absolute atomic E-state index is 0.0968. The number of aromatic nitrogens is 4. The van der Waals surface area contributed by atoms with Gasteiger partial charge in [-0.1, -0.05) is 48.3 Å². The fourth-order valence-corrected chi connectivity index (χ4v) is 8.94. The van der Waals surface area contributed by atoms with Gasteiger partial charge in [0.05, 0.1) is 30.9 Å². The quantitative estimate of drug-likeness (QED) is 0.0755. The zero-order chi connectivity index (χ0) is 32.6. The van der Waals surface area contributed by atoms with Gasteiger partial charge in [-0.3, -0.25) is 19.0 Å². The summed E-state index contributed by atoms with van der Waals surface area (Å²) in [7, 11) is 5.89. The minimum atomic E-state index is -1.15. The number of aliphatic hydroxyl groups excluding tert-OH is 1. The standard InChI is InChI=1S/C29H45N8O4PS2/c1-19(2)37(20(3)4)42(14-11-13-30)41-21-16-24(40-22(21)17-38)36-23(12-10-15-43-44-29(5,6)7)32-25-26(36)33-28(34-27(25)39)31-18-35(8)9/h18-22,24,38H,11,14-17H2,1-9H3,(H,33,34,39)/t21-,22+,24+,42?/m0/s1. The molecule has 0 radical (unpaired) electrons. The normalized spacial score (nSPS) is 19.7. The van der Waals surface area contributed by atoms with Gasteiger partial charge in [0.25, 0.3) is 5.56 Å². The molecule has 2 N–H and O–H groups in total. The summed E-state index contributed by atoms with van der Waals surface area (Å²) in [4.78, 5) is 31.0. The Morgan fingerprint density at radius 3 is 2.59 bits per heavy atom. The van der Waals surface area contributed by atoms with Crippen LogP contribution in [0.1, 0.15) is 73.4 Å². The Morgan fingerprint density at radius 2 is 2.00 bits per heavy atom. The van der Waals surface area contributed by atoms with E-state index >= 15 is 0 Å². The van der Waals surface area contributed by atoms with Gasteiger partial charge in [-0.05, 0) is 33.6 Å². The third-order valence-electron chi connectivity index (χ3n) is 6.23. The van der Waals surface area contributed by atoms with Crippen LogP contribution in [0.4, 0.5) is 5.95 Å². The van der Waals surface area contributed by atoms with Crippen molar-refractivity contribution in [2.75, 3.05) is 32.6 Å². The number of nitrogens with one attached hydrogen (secondary N) is 1. The molecule has 3 heterocycles. The van der Waals surface area contributed by atoms with Crippen LogP contribution in [0.5, 0.6) is 0 Å². The zero-order valence-corrected chi connectivity index (χ0v) is 29.6. The maximum atomic E-state index is 13.1. The molecule has 0 aromatic carbocycles. The highest BCUT2D eigenvalue weighted by molar-refractivity contribution is 8.77. The molecule has 242 valence electrons. The van der Waals surface area contributed by atoms with Crippen molar-refractivity contribution < 1.29 is 14.4 Å². The Kier molecular flexibility index (Phi) is 13.5. The van der Waals surface area contributed by atoms with Gasteiger partial charge >= 0.3 is 0 Å². The van der Waals surface area contributed by atoms with Gasteiger partial charge in [0.1, 0.15) is 20.6 Å². The second-order valence-corrected chi connectivity index (χ2v) is 17.0. The highest BCUT2D eigenvalue weighted by atomic mass is 33.1. The molecule has 4 atom stereocenters. The van der Waals surface area contributed by atoms with Crippen molar-refractivity contribution in [3.63, 3.8) is 0 Å². The van der Waals surface area contributed by atoms with Crippen LogP contribution >= 0.6 is 29.9 Å². The summed E-state index contributed by atoms with van der Waals surface area (Å²) < 4.78 is 17.2. The van der Waals surface area contributed by atoms with Crippen molar-refractivity contribution in [1.29, 1.82) is 5.26 Å². The third-order valence-corrected chi connectivity index (χ3v) is 11.9. The zero-order valence-electron chi connectivity index (χ0n) is 27.1. The van der Waals surface area contributed by atoms with E-state index in [4.69, 9.17) is 9.26 Å². The molecule has 3 rings (SSSR count). The summed E-state index contributed by atoms with van der Waals surface area (Å²) in [5, 5.41) is 19.7. The molecule has 44 heavy (non-hydrogen) atoms. The van der Waals surface area contributed by atoms with E-state index < -0.39 is 32.3 Å². The monoisotopic (exact) mass is 664 g/mol. The number of ether oxygens (including phenoxy) is 1. The second-order valence-electron chi connectivity index (χ2n) is 12.1. The van der Waals surface area contributed by atoms with Crippen LogP contribution in [0.25, 0.3) is 11.2 Å². The molecule has 1 aliphatic rings. The number of nitrogens with zero attached hydrogens (tertiary/aromatic N) is 7. The first-order valence-corrected chi connectivity index (χ1v) is 18.4. The number of fused-ring (bicyclic) bond motifs is 1. The third kappa shape index (κ3) is 9.92. The number of H-pyrrole nitrogens is 1. The predicted molar refractivity (Wildman–Crippen MR) is 181 cm³/mol. The molecule has 2 aromatic heterocycles. The Labute approximate surface area is 269 Å². The average molecular weight is 665 g/mol. The maximum Gasteiger partial charge on any atom is 0.280 e. The molecule has 0 saturated carbocycles. The summed E-state index contributed by atoms with van der Waals surface area (Å²) in [5.41, 5.74) is -0.0134. The fourth-order valence-electron chi connectivity index (χ4n) is 4.68. The largest absolute Gasteiger partial charge is 0.394 e. The number of hydrogen-bond acceptors (Lipinski definition) is 11. The first kappa shape index (κ1) is 36.3. The Bertz CT molecular complexity index is 1430. The minimum Gasteiger partial charge on any atom is -0.394 e. The van der Waals surface area contributed by atoms with E-state index in [0.29, 0.717) is 36.2 Å². The highest BCUT2D eigenvalue weighted by Crippen LogP contribution is 2.49. The van der Waals surface area contributed by atoms with Crippen molar-refractivity contribution in [3.8, 4) is 17.9 Å². The average Bonchev–Trinajstić information content (AvgIpc) is 3.50. The predicted octanol–water partition coefficient (Wildman–Crippen LogP) is 4.88. The first-order chi connectivity index (χ1) is 20.7. The Hall–Kier alpha value is -2.16. The number of hydrogen-bond donors (Lipinski definition) is 2. The lowest BCUT2D eigenvalue weighted by atomic mass is 10.2. The molecular formula is C29H45N8O4PS2. The lowest BCUT2D eigenvalue weighted by Gasteiger charge is -2.38. The van der Waals surface area contributed by atoms with Gasteiger partial charge in [-0.2, -0.15) is 10.2 Å². The van der Waals surface area contributed by atoms with Gasteiger partial charge in [0.15, 0.2) is 17.0 Å². The first-order valence-electron chi connectivity index (χ1n) is 14.6. The Morgan fingerprint density at radius 1 is 1.30 bits per heavy atom. The van der Waals surface area contributed by atoms with E-state index in [1.165, 1.54) is 0 Å². The fraction of sp³-hybridized carbons (Fsp3) is 0.690. The van der Waals surface area contributed by atoms with Crippen LogP contribution in [0.15, 0.2) is 9.79 Å². The van der Waals surface area contributed by atoms with Crippen molar-refractivity contribution >= 4 is 53.3 Å². The number of aliphatic imine (C=N–C) groups is 1. The van der Waals surface area contributed by atoms with Gasteiger partial charge < -0.3 is 19.3 Å². The van der Waals surface area contributed by atoms with Gasteiger partial charge in [-0.25, -0.2) is 9.98 Å². The van der Waals surface area contributed by atoms with Gasteiger partial charge in [0.2, 0.25) is 5.95 Å². The molecule has 0 aliphatic carbocycles. The molecule has 1 unspecified atom stereocenters. The molecule has 0 spiro atoms. The summed E-state index contributed by atoms with van der Waals surface area (Å²) in [5.74, 6) is 7.33. The molecule has 1 saturated heterocycles. The molecule has 1 aliphatic heterocycles. The van der Waals surface area contributed by atoms with Crippen LogP contribution in [-0.2, 0) is 9.26 Å². The summed E-state index contributed by atoms with van der Waals surface area (Å²) in [6.45, 7) is 14.6. The molecule has 0 bridgehead atoms. The summed E-state index contributed by atoms with van der Waals surface area (Å²) in [6, 6.07) is 2.66. The number of aromatic amines is 1. The highest BCUT2D eigenvalue weighted by Gasteiger charge is 2.41. The lowest BCUT2D eigenvalue weighted by Crippen LogP contribution is -2.36. The van der Waals surface area contributed by atoms with Crippen molar-refractivity contribution in [2.45, 2.75) is 96.6 Å². The van der Waals surface area contributed by atoms with E-state index in [0.717, 1.165) is 0 Å². The van der Waals surface area contributed by atoms with E-state index in [1.807, 2.05) is 14.1 Å². The van der Waals surface area contributed by atoms with E-state index in [2.05, 4.69) is 91.0 Å². The number of aliphatic hydroxyl groups is 1. The van der Waals surface area contributed by atoms with Crippen molar-refractivity contribution in [3.05, 3.63) is 16.2 Å². The molecular weight excluding hydrogens is 619 g/mol. The summed E-state index contributed by atoms with van der Waals surface area (Å²) in [6.07, 6.45) is 1.14. The molecule has 12 nitrogen and oxygen atoms in total. The van der Waals surface area contributed by atoms with E-state index in [9.17, 15) is 15.2 Å². The van der Waals surface area contributed by atoms with Crippen LogP contribution in [0.3, 0.4) is 0 Å². The van der Waals surface area contributed by atoms with Gasteiger partial charge in [0, 0.05) is 49.9 Å². The lowest BCUT2D eigenvalue weighted by molar-refractivity contribution is -0.0392. The van der Waals surface area contributed by atoms with Crippen LogP contribution in [-0.4, -0.2) is 102 Å². The van der Waals surface area contributed by atoms with E-state index in [1.54, 1.807) is 37.4 Å². The maximum absolute atomic E-state index is 13.1. The summed E-state index contributed by atoms with van der Waals surface area (Å²) >= 11 is 0. The number of rotatable bonds is 13. The van der Waals surface area contributed by atoms with Gasteiger partial charge in [-0.15, -0.1) is 0 Å². The molecule has 1 fully saturated rings. The van der Waals surface area contributed by atoms with Crippen LogP contribution < -0.4 is 5.56 Å². The molecule has 15 heteroatoms. The van der Waals surface area contributed by atoms with Crippen LogP contribution in [0.2, 0.25) is 0 Å². The molecule has 2 aromatic rings. The van der Waals surface area contributed by atoms with Crippen LogP contribution in [0, 0.1) is 23.2 Å². The SMILES string of the molecule is CC(C)N(C(C)C)P(CCC#N)O[C@H]1C[C@H](n2c(C#CCSSC(C)(C)C)nc3c(=O)[nH]c(N=CN(C)C)nc32)O[C@@H]1CO. The number of nitriles is 1. The Balaban J connectivity index is 2.03. The van der Waals surface area contributed by atoms with Crippen molar-refractivity contribution in [1.82, 2.24) is 29.1 Å². The smallest absolute Gasteiger partial charge is 0.280 e.